The van der Waals surface area contributed by atoms with E-state index in [0.29, 0.717) is 16.9 Å². The lowest BCUT2D eigenvalue weighted by Crippen LogP contribution is -1.83. The average molecular weight is 321 g/mol. The van der Waals surface area contributed by atoms with Crippen LogP contribution in [0.5, 0.6) is 0 Å². The van der Waals surface area contributed by atoms with Crippen LogP contribution < -0.4 is 0 Å². The summed E-state index contributed by atoms with van der Waals surface area (Å²) in [5.41, 5.74) is 0.885. The summed E-state index contributed by atoms with van der Waals surface area (Å²) in [6.45, 7) is 0. The van der Waals surface area contributed by atoms with E-state index in [0.717, 1.165) is 9.99 Å². The third-order valence-electron chi connectivity index (χ3n) is 3.11. The molecule has 0 bridgehead atoms. The highest BCUT2D eigenvalue weighted by Crippen LogP contribution is 2.30. The van der Waals surface area contributed by atoms with Crippen LogP contribution in [-0.2, 0) is 0 Å². The van der Waals surface area contributed by atoms with Crippen LogP contribution in [0.2, 0.25) is 0 Å². The first kappa shape index (κ1) is 15.1. The molecule has 0 aliphatic carbocycles. The van der Waals surface area contributed by atoms with Crippen molar-refractivity contribution in [2.75, 3.05) is 0 Å². The van der Waals surface area contributed by atoms with Gasteiger partial charge in [-0.05, 0) is 48.0 Å². The van der Waals surface area contributed by atoms with Crippen LogP contribution in [0.4, 0.5) is 4.39 Å². The Morgan fingerprint density at radius 3 is 2.61 bits per heavy atom. The topological polar surface area (TPSA) is 36.9 Å². The second kappa shape index (κ2) is 6.99. The lowest BCUT2D eigenvalue weighted by Gasteiger charge is -1.99. The fourth-order valence-corrected chi connectivity index (χ4v) is 2.85. The molecule has 1 aromatic heterocycles. The van der Waals surface area contributed by atoms with E-state index in [2.05, 4.69) is 6.07 Å². The number of hydrogen-bond acceptors (Lipinski definition) is 3. The number of nitriles is 1. The molecule has 2 nitrogen and oxygen atoms in total. The number of benzene rings is 2. The Morgan fingerprint density at radius 2 is 1.87 bits per heavy atom. The van der Waals surface area contributed by atoms with Crippen molar-refractivity contribution in [2.45, 2.75) is 9.99 Å². The zero-order valence-corrected chi connectivity index (χ0v) is 12.9. The van der Waals surface area contributed by atoms with Gasteiger partial charge in [0.1, 0.15) is 11.6 Å². The minimum atomic E-state index is -0.372. The van der Waals surface area contributed by atoms with Crippen molar-refractivity contribution in [3.05, 3.63) is 83.9 Å². The van der Waals surface area contributed by atoms with E-state index in [-0.39, 0.29) is 5.82 Å². The summed E-state index contributed by atoms with van der Waals surface area (Å²) in [6.07, 6.45) is 1.61. The largest absolute Gasteiger partial charge is 0.450 e. The molecule has 112 valence electrons. The zero-order valence-electron chi connectivity index (χ0n) is 12.1. The van der Waals surface area contributed by atoms with Gasteiger partial charge in [-0.25, -0.2) is 4.39 Å². The minimum Gasteiger partial charge on any atom is -0.450 e. The third-order valence-corrected chi connectivity index (χ3v) is 4.03. The van der Waals surface area contributed by atoms with Crippen molar-refractivity contribution >= 4 is 23.4 Å². The van der Waals surface area contributed by atoms with Gasteiger partial charge in [0, 0.05) is 4.90 Å². The Morgan fingerprint density at radius 1 is 1.04 bits per heavy atom. The van der Waals surface area contributed by atoms with Crippen molar-refractivity contribution in [3.63, 3.8) is 0 Å². The average Bonchev–Trinajstić information content (AvgIpc) is 3.00. The highest BCUT2D eigenvalue weighted by atomic mass is 32.2. The van der Waals surface area contributed by atoms with Crippen LogP contribution in [0.1, 0.15) is 11.3 Å². The summed E-state index contributed by atoms with van der Waals surface area (Å²) < 4.78 is 19.0. The number of hydrogen-bond donors (Lipinski definition) is 0. The Labute approximate surface area is 137 Å². The molecule has 0 saturated carbocycles. The fraction of sp³-hybridized carbons (Fsp3) is 0. The van der Waals surface area contributed by atoms with Gasteiger partial charge in [-0.3, -0.25) is 0 Å². The first-order valence-corrected chi connectivity index (χ1v) is 7.77. The van der Waals surface area contributed by atoms with Gasteiger partial charge in [0.25, 0.3) is 0 Å². The summed E-state index contributed by atoms with van der Waals surface area (Å²) in [6, 6.07) is 21.6. The Kier molecular flexibility index (Phi) is 4.60. The minimum absolute atomic E-state index is 0.357. The molecule has 1 heterocycles. The van der Waals surface area contributed by atoms with Gasteiger partial charge < -0.3 is 4.42 Å². The molecule has 0 aliphatic heterocycles. The quantitative estimate of drug-likeness (QED) is 0.584. The van der Waals surface area contributed by atoms with E-state index in [1.165, 1.54) is 23.9 Å². The van der Waals surface area contributed by atoms with E-state index in [1.807, 2.05) is 36.4 Å². The van der Waals surface area contributed by atoms with Crippen LogP contribution >= 0.6 is 11.8 Å². The first-order chi connectivity index (χ1) is 11.2. The number of rotatable bonds is 4. The monoisotopic (exact) mass is 321 g/mol. The zero-order chi connectivity index (χ0) is 16.1. The fourth-order valence-electron chi connectivity index (χ4n) is 2.05. The molecule has 0 unspecified atom stereocenters. The van der Waals surface area contributed by atoms with Gasteiger partial charge in [-0.15, -0.1) is 0 Å². The molecule has 3 rings (SSSR count). The molecule has 0 saturated heterocycles. The molecular formula is C19H12FNOS. The summed E-state index contributed by atoms with van der Waals surface area (Å²) in [4.78, 5) is 1.07. The van der Waals surface area contributed by atoms with Gasteiger partial charge in [0.2, 0.25) is 0 Å². The predicted octanol–water partition coefficient (Wildman–Crippen LogP) is 5.63. The number of halogens is 1. The van der Waals surface area contributed by atoms with Crippen molar-refractivity contribution in [2.24, 2.45) is 0 Å². The smallest absolute Gasteiger partial charge is 0.165 e. The van der Waals surface area contributed by atoms with E-state index < -0.39 is 0 Å². The molecule has 0 radical (unpaired) electrons. The molecule has 23 heavy (non-hydrogen) atoms. The van der Waals surface area contributed by atoms with Crippen LogP contribution in [-0.4, -0.2) is 0 Å². The molecule has 2 aromatic carbocycles. The van der Waals surface area contributed by atoms with Crippen LogP contribution in [0, 0.1) is 17.1 Å². The molecule has 0 spiro atoms. The van der Waals surface area contributed by atoms with Crippen molar-refractivity contribution in [1.29, 1.82) is 5.26 Å². The van der Waals surface area contributed by atoms with E-state index in [4.69, 9.17) is 4.42 Å². The van der Waals surface area contributed by atoms with Gasteiger partial charge in [0.15, 0.2) is 5.09 Å². The van der Waals surface area contributed by atoms with Crippen molar-refractivity contribution in [3.8, 4) is 6.07 Å². The molecular weight excluding hydrogens is 309 g/mol. The highest BCUT2D eigenvalue weighted by Gasteiger charge is 2.06. The number of furan rings is 1. The normalized spacial score (nSPS) is 11.2. The molecule has 0 fully saturated rings. The van der Waals surface area contributed by atoms with E-state index in [9.17, 15) is 9.65 Å². The summed E-state index contributed by atoms with van der Waals surface area (Å²) in [5, 5.41) is 10.0. The lowest BCUT2D eigenvalue weighted by molar-refractivity contribution is 0.466. The van der Waals surface area contributed by atoms with Crippen molar-refractivity contribution < 1.29 is 8.81 Å². The van der Waals surface area contributed by atoms with Gasteiger partial charge >= 0.3 is 0 Å². The van der Waals surface area contributed by atoms with Gasteiger partial charge in [-0.2, -0.15) is 5.26 Å². The maximum absolute atomic E-state index is 13.3. The van der Waals surface area contributed by atoms with Gasteiger partial charge in [0.05, 0.1) is 11.6 Å². The first-order valence-electron chi connectivity index (χ1n) is 6.95. The van der Waals surface area contributed by atoms with Crippen LogP contribution in [0.25, 0.3) is 11.6 Å². The summed E-state index contributed by atoms with van der Waals surface area (Å²) >= 11 is 1.50. The third kappa shape index (κ3) is 3.91. The molecule has 3 aromatic rings. The Bertz CT molecular complexity index is 878. The van der Waals surface area contributed by atoms with Crippen LogP contribution in [0.15, 0.2) is 81.1 Å². The van der Waals surface area contributed by atoms with Gasteiger partial charge in [-0.1, -0.05) is 42.1 Å². The van der Waals surface area contributed by atoms with E-state index >= 15 is 0 Å². The van der Waals surface area contributed by atoms with E-state index in [1.54, 1.807) is 24.3 Å². The highest BCUT2D eigenvalue weighted by molar-refractivity contribution is 7.99. The van der Waals surface area contributed by atoms with Crippen LogP contribution in [0.3, 0.4) is 0 Å². The maximum atomic E-state index is 13.3. The SMILES string of the molecule is N#C/C(=C/c1ccc(Sc2ccccc2)o1)c1cccc(F)c1. The number of nitrogens with zero attached hydrogens (tertiary/aromatic N) is 1. The predicted molar refractivity (Wildman–Crippen MR) is 89.2 cm³/mol. The lowest BCUT2D eigenvalue weighted by atomic mass is 10.1. The molecule has 0 amide bonds. The number of allylic oxidation sites excluding steroid dienone is 1. The summed E-state index contributed by atoms with van der Waals surface area (Å²) in [7, 11) is 0. The Hall–Kier alpha value is -2.77. The van der Waals surface area contributed by atoms with Crippen molar-refractivity contribution in [1.82, 2.24) is 0 Å². The summed E-state index contributed by atoms with van der Waals surface area (Å²) in [5.74, 6) is 0.188. The second-order valence-corrected chi connectivity index (χ2v) is 5.83. The molecule has 0 atom stereocenters. The Balaban J connectivity index is 1.83. The standard InChI is InChI=1S/C19H12FNOS/c20-16-6-4-5-14(11-16)15(13-21)12-17-9-10-19(22-17)23-18-7-2-1-3-8-18/h1-12H/b15-12-. The maximum Gasteiger partial charge on any atom is 0.165 e. The molecule has 0 N–H and O–H groups in total. The molecule has 4 heteroatoms. The second-order valence-electron chi connectivity index (χ2n) is 4.75. The molecule has 0 aliphatic rings.